The summed E-state index contributed by atoms with van der Waals surface area (Å²) in [6, 6.07) is 4.68. The van der Waals surface area contributed by atoms with Crippen LogP contribution in [0.2, 0.25) is 0 Å². The van der Waals surface area contributed by atoms with Crippen molar-refractivity contribution < 1.29 is 18.7 Å². The molecule has 1 aliphatic carbocycles. The van der Waals surface area contributed by atoms with Crippen LogP contribution < -0.4 is 4.74 Å². The second kappa shape index (κ2) is 3.80. The van der Waals surface area contributed by atoms with Gasteiger partial charge in [-0.05, 0) is 28.7 Å². The zero-order chi connectivity index (χ0) is 11.9. The van der Waals surface area contributed by atoms with Gasteiger partial charge in [-0.3, -0.25) is 9.59 Å². The lowest BCUT2D eigenvalue weighted by Gasteiger charge is -2.07. The maximum Gasteiger partial charge on any atom is 0.308 e. The summed E-state index contributed by atoms with van der Waals surface area (Å²) >= 11 is 1.48. The molecule has 0 saturated carbocycles. The van der Waals surface area contributed by atoms with Crippen molar-refractivity contribution in [2.45, 2.75) is 17.0 Å². The third-order valence-corrected chi connectivity index (χ3v) is 3.23. The highest BCUT2D eigenvalue weighted by Crippen LogP contribution is 2.41. The highest BCUT2D eigenvalue weighted by Gasteiger charge is 2.45. The van der Waals surface area contributed by atoms with Crippen molar-refractivity contribution in [3.63, 3.8) is 0 Å². The molecule has 84 valence electrons. The Kier molecular flexibility index (Phi) is 2.73. The highest BCUT2D eigenvalue weighted by atomic mass is 127. The van der Waals surface area contributed by atoms with Crippen molar-refractivity contribution >= 4 is 34.3 Å². The minimum atomic E-state index is -1.92. The second-order valence-corrected chi connectivity index (χ2v) is 5.30. The number of hydrogen-bond donors (Lipinski definition) is 0. The maximum atomic E-state index is 13.8. The molecule has 0 heterocycles. The van der Waals surface area contributed by atoms with Crippen LogP contribution in [0, 0.1) is 0 Å². The predicted molar refractivity (Wildman–Crippen MR) is 63.6 cm³/mol. The molecule has 3 nitrogen and oxygen atoms in total. The van der Waals surface area contributed by atoms with E-state index in [1.807, 2.05) is 0 Å². The van der Waals surface area contributed by atoms with E-state index in [1.54, 1.807) is 18.2 Å². The van der Waals surface area contributed by atoms with Crippen molar-refractivity contribution in [2.75, 3.05) is 0 Å². The fraction of sp³-hybridized carbons (Fsp3) is 0.273. The predicted octanol–water partition coefficient (Wildman–Crippen LogP) is 2.45. The molecule has 0 bridgehead atoms. The summed E-state index contributed by atoms with van der Waals surface area (Å²) < 4.78 is 16.8. The Balaban J connectivity index is 2.49. The number of Topliss-reactive ketones (excluding diaryl/α,β-unsaturated/α-hetero) is 1. The van der Waals surface area contributed by atoms with Gasteiger partial charge < -0.3 is 4.74 Å². The number of esters is 1. The molecule has 0 spiro atoms. The first-order chi connectivity index (χ1) is 7.42. The van der Waals surface area contributed by atoms with E-state index in [2.05, 4.69) is 0 Å². The molecular formula is C11H8FIO3. The van der Waals surface area contributed by atoms with Crippen molar-refractivity contribution in [1.82, 2.24) is 0 Å². The lowest BCUT2D eigenvalue weighted by atomic mass is 10.1. The number of hydrogen-bond acceptors (Lipinski definition) is 3. The molecule has 16 heavy (non-hydrogen) atoms. The molecule has 5 heteroatoms. The van der Waals surface area contributed by atoms with Crippen molar-refractivity contribution in [1.29, 1.82) is 0 Å². The normalized spacial score (nSPS) is 23.1. The van der Waals surface area contributed by atoms with Gasteiger partial charge in [-0.25, -0.2) is 4.39 Å². The van der Waals surface area contributed by atoms with Gasteiger partial charge in [-0.2, -0.15) is 0 Å². The van der Waals surface area contributed by atoms with E-state index in [-0.39, 0.29) is 12.2 Å². The molecule has 1 aliphatic rings. The molecule has 1 unspecified atom stereocenters. The zero-order valence-corrected chi connectivity index (χ0v) is 10.6. The average Bonchev–Trinajstić information content (AvgIpc) is 2.40. The summed E-state index contributed by atoms with van der Waals surface area (Å²) in [6.07, 6.45) is -0.0504. The Morgan fingerprint density at radius 1 is 1.56 bits per heavy atom. The summed E-state index contributed by atoms with van der Waals surface area (Å²) in [5.41, 5.74) is 0.773. The minimum Gasteiger partial charge on any atom is -0.426 e. The largest absolute Gasteiger partial charge is 0.426 e. The van der Waals surface area contributed by atoms with Crippen LogP contribution in [-0.4, -0.2) is 15.4 Å². The van der Waals surface area contributed by atoms with Gasteiger partial charge in [0.2, 0.25) is 9.46 Å². The Bertz CT molecular complexity index is 482. The van der Waals surface area contributed by atoms with Crippen LogP contribution in [0.25, 0.3) is 0 Å². The Morgan fingerprint density at radius 3 is 2.88 bits per heavy atom. The Morgan fingerprint density at radius 2 is 2.25 bits per heavy atom. The van der Waals surface area contributed by atoms with Crippen LogP contribution in [0.1, 0.15) is 22.8 Å². The minimum absolute atomic E-state index is 0.0504. The number of benzene rings is 1. The van der Waals surface area contributed by atoms with Crippen molar-refractivity contribution in [2.24, 2.45) is 0 Å². The fourth-order valence-corrected chi connectivity index (χ4v) is 2.38. The topological polar surface area (TPSA) is 43.4 Å². The molecule has 0 radical (unpaired) electrons. The summed E-state index contributed by atoms with van der Waals surface area (Å²) in [7, 11) is 0. The molecule has 0 N–H and O–H groups in total. The van der Waals surface area contributed by atoms with E-state index in [4.69, 9.17) is 4.74 Å². The molecule has 1 aromatic rings. The Labute approximate surface area is 105 Å². The van der Waals surface area contributed by atoms with Crippen LogP contribution >= 0.6 is 22.6 Å². The SMILES string of the molecule is CC(=O)Oc1cccc2c1CC(F)(I)C2=O. The molecule has 2 rings (SSSR count). The third kappa shape index (κ3) is 1.83. The molecule has 0 amide bonds. The van der Waals surface area contributed by atoms with E-state index < -0.39 is 15.4 Å². The van der Waals surface area contributed by atoms with E-state index in [0.717, 1.165) is 0 Å². The second-order valence-electron chi connectivity index (χ2n) is 3.59. The number of ether oxygens (including phenoxy) is 1. The quantitative estimate of drug-likeness (QED) is 0.343. The van der Waals surface area contributed by atoms with Gasteiger partial charge in [0.15, 0.2) is 0 Å². The van der Waals surface area contributed by atoms with E-state index >= 15 is 0 Å². The van der Waals surface area contributed by atoms with Gasteiger partial charge in [0.1, 0.15) is 5.75 Å². The van der Waals surface area contributed by atoms with Crippen LogP contribution in [0.3, 0.4) is 0 Å². The fourth-order valence-electron chi connectivity index (χ4n) is 1.71. The summed E-state index contributed by atoms with van der Waals surface area (Å²) in [6.45, 7) is 1.27. The first kappa shape index (κ1) is 11.5. The number of carbonyl (C=O) groups is 2. The molecule has 1 atom stereocenters. The molecule has 0 saturated heterocycles. The average molecular weight is 334 g/mol. The van der Waals surface area contributed by atoms with Gasteiger partial charge >= 0.3 is 5.97 Å². The van der Waals surface area contributed by atoms with Gasteiger partial charge in [-0.15, -0.1) is 0 Å². The van der Waals surface area contributed by atoms with Gasteiger partial charge in [-0.1, -0.05) is 12.1 Å². The van der Waals surface area contributed by atoms with Crippen LogP contribution in [0.5, 0.6) is 5.75 Å². The van der Waals surface area contributed by atoms with Gasteiger partial charge in [0, 0.05) is 24.5 Å². The number of alkyl halides is 2. The van der Waals surface area contributed by atoms with Crippen LogP contribution in [0.15, 0.2) is 18.2 Å². The van der Waals surface area contributed by atoms with Gasteiger partial charge in [0.05, 0.1) is 0 Å². The smallest absolute Gasteiger partial charge is 0.308 e. The van der Waals surface area contributed by atoms with E-state index in [9.17, 15) is 14.0 Å². The van der Waals surface area contributed by atoms with Crippen LogP contribution in [0.4, 0.5) is 4.39 Å². The number of halogens is 2. The van der Waals surface area contributed by atoms with Gasteiger partial charge in [0.25, 0.3) is 0 Å². The van der Waals surface area contributed by atoms with Crippen LogP contribution in [-0.2, 0) is 11.2 Å². The standard InChI is InChI=1S/C11H8FIO3/c1-6(14)16-9-4-2-3-7-8(9)5-11(12,13)10(7)15/h2-4H,5H2,1H3. The summed E-state index contributed by atoms with van der Waals surface area (Å²) in [4.78, 5) is 22.5. The molecule has 0 aliphatic heterocycles. The first-order valence-corrected chi connectivity index (χ1v) is 5.72. The zero-order valence-electron chi connectivity index (χ0n) is 8.42. The maximum absolute atomic E-state index is 13.8. The first-order valence-electron chi connectivity index (χ1n) is 4.65. The Hall–Kier alpha value is -0.980. The monoisotopic (exact) mass is 334 g/mol. The lowest BCUT2D eigenvalue weighted by molar-refractivity contribution is -0.131. The van der Waals surface area contributed by atoms with Crippen molar-refractivity contribution in [3.05, 3.63) is 29.3 Å². The lowest BCUT2D eigenvalue weighted by Crippen LogP contribution is -2.21. The van der Waals surface area contributed by atoms with E-state index in [0.29, 0.717) is 11.1 Å². The molecule has 0 aromatic heterocycles. The van der Waals surface area contributed by atoms with Crippen molar-refractivity contribution in [3.8, 4) is 5.75 Å². The molecule has 1 aromatic carbocycles. The third-order valence-electron chi connectivity index (χ3n) is 2.36. The molecular weight excluding hydrogens is 326 g/mol. The molecule has 0 fully saturated rings. The summed E-state index contributed by atoms with van der Waals surface area (Å²) in [5.74, 6) is -0.766. The number of ketones is 1. The summed E-state index contributed by atoms with van der Waals surface area (Å²) in [5, 5.41) is 0. The number of carbonyl (C=O) groups excluding carboxylic acids is 2. The van der Waals surface area contributed by atoms with E-state index in [1.165, 1.54) is 29.5 Å². The number of rotatable bonds is 1. The highest BCUT2D eigenvalue weighted by molar-refractivity contribution is 14.1. The number of fused-ring (bicyclic) bond motifs is 1.